The number of aryl methyl sites for hydroxylation is 1. The predicted molar refractivity (Wildman–Crippen MR) is 127 cm³/mol. The second-order valence-electron chi connectivity index (χ2n) is 7.95. The Bertz CT molecular complexity index is 1600. The number of fused-ring (bicyclic) bond motifs is 3. The number of ketones is 2. The second-order valence-corrected chi connectivity index (χ2v) is 8.39. The molecule has 5 nitrogen and oxygen atoms in total. The van der Waals surface area contributed by atoms with Crippen molar-refractivity contribution in [1.82, 2.24) is 14.8 Å². The summed E-state index contributed by atoms with van der Waals surface area (Å²) in [6.07, 6.45) is 0. The molecule has 0 bridgehead atoms. The Morgan fingerprint density at radius 2 is 1.39 bits per heavy atom. The van der Waals surface area contributed by atoms with Gasteiger partial charge in [-0.15, -0.1) is 0 Å². The monoisotopic (exact) mass is 449 g/mol. The van der Waals surface area contributed by atoms with Crippen LogP contribution in [-0.4, -0.2) is 26.3 Å². The van der Waals surface area contributed by atoms with Crippen LogP contribution >= 0.6 is 11.6 Å². The number of halogens is 1. The summed E-state index contributed by atoms with van der Waals surface area (Å²) in [4.78, 5) is 32.0. The Balaban J connectivity index is 1.77. The van der Waals surface area contributed by atoms with Crippen LogP contribution in [0.2, 0.25) is 5.02 Å². The molecule has 2 heterocycles. The lowest BCUT2D eigenvalue weighted by atomic mass is 9.82. The normalized spacial score (nSPS) is 12.7. The molecule has 0 fully saturated rings. The maximum atomic E-state index is 13.7. The first-order valence-corrected chi connectivity index (χ1v) is 10.9. The van der Waals surface area contributed by atoms with Crippen molar-refractivity contribution in [3.8, 4) is 16.8 Å². The Hall–Kier alpha value is -4.09. The molecule has 2 aromatic heterocycles. The molecule has 1 aliphatic carbocycles. The number of carbonyl (C=O) groups is 2. The Kier molecular flexibility index (Phi) is 4.28. The fourth-order valence-corrected chi connectivity index (χ4v) is 4.62. The van der Waals surface area contributed by atoms with E-state index in [1.165, 1.54) is 0 Å². The third-order valence-electron chi connectivity index (χ3n) is 5.98. The highest BCUT2D eigenvalue weighted by molar-refractivity contribution is 6.32. The summed E-state index contributed by atoms with van der Waals surface area (Å²) in [5.74, 6) is -0.484. The number of hydrogen-bond acceptors (Lipinski definition) is 4. The molecule has 5 aromatic rings. The van der Waals surface area contributed by atoms with E-state index in [0.717, 1.165) is 16.6 Å². The molecular weight excluding hydrogens is 434 g/mol. The van der Waals surface area contributed by atoms with Crippen molar-refractivity contribution >= 4 is 34.2 Å². The molecule has 0 saturated carbocycles. The first-order chi connectivity index (χ1) is 16.0. The molecule has 0 spiro atoms. The number of hydrogen-bond donors (Lipinski definition) is 0. The third-order valence-corrected chi connectivity index (χ3v) is 6.23. The lowest BCUT2D eigenvalue weighted by Crippen LogP contribution is -2.23. The van der Waals surface area contributed by atoms with Gasteiger partial charge < -0.3 is 0 Å². The third kappa shape index (κ3) is 2.86. The molecule has 0 saturated heterocycles. The van der Waals surface area contributed by atoms with E-state index in [9.17, 15) is 9.59 Å². The van der Waals surface area contributed by atoms with Crippen LogP contribution < -0.4 is 0 Å². The SMILES string of the molecule is Cc1nn(-c2ccccc2)c2nc3c(c(-c4ccc(Cl)cc4)c12)C(=O)c1ccccc1C3=O. The highest BCUT2D eigenvalue weighted by atomic mass is 35.5. The fourth-order valence-electron chi connectivity index (χ4n) is 4.50. The average molecular weight is 450 g/mol. The zero-order chi connectivity index (χ0) is 22.7. The van der Waals surface area contributed by atoms with Gasteiger partial charge in [0.1, 0.15) is 5.69 Å². The predicted octanol–water partition coefficient (Wildman–Crippen LogP) is 5.82. The number of benzene rings is 3. The molecule has 6 rings (SSSR count). The number of carbonyl (C=O) groups excluding carboxylic acids is 2. The van der Waals surface area contributed by atoms with E-state index < -0.39 is 0 Å². The molecule has 0 unspecified atom stereocenters. The smallest absolute Gasteiger partial charge is 0.212 e. The lowest BCUT2D eigenvalue weighted by Gasteiger charge is -2.20. The Morgan fingerprint density at radius 3 is 2.09 bits per heavy atom. The van der Waals surface area contributed by atoms with Crippen molar-refractivity contribution in [1.29, 1.82) is 0 Å². The molecule has 6 heteroatoms. The molecule has 0 radical (unpaired) electrons. The zero-order valence-corrected chi connectivity index (χ0v) is 18.3. The van der Waals surface area contributed by atoms with E-state index in [-0.39, 0.29) is 17.3 Å². The Morgan fingerprint density at radius 1 is 0.758 bits per heavy atom. The van der Waals surface area contributed by atoms with Gasteiger partial charge in [0.2, 0.25) is 5.78 Å². The van der Waals surface area contributed by atoms with Gasteiger partial charge in [0.25, 0.3) is 0 Å². The molecule has 0 atom stereocenters. The van der Waals surface area contributed by atoms with Crippen molar-refractivity contribution in [3.63, 3.8) is 0 Å². The molecule has 33 heavy (non-hydrogen) atoms. The number of rotatable bonds is 2. The van der Waals surface area contributed by atoms with E-state index in [2.05, 4.69) is 0 Å². The topological polar surface area (TPSA) is 64.8 Å². The summed E-state index contributed by atoms with van der Waals surface area (Å²) >= 11 is 6.15. The van der Waals surface area contributed by atoms with Gasteiger partial charge in [0.05, 0.1) is 22.3 Å². The van der Waals surface area contributed by atoms with Crippen LogP contribution in [0.15, 0.2) is 78.9 Å². The van der Waals surface area contributed by atoms with Gasteiger partial charge in [-0.3, -0.25) is 9.59 Å². The molecule has 0 N–H and O–H groups in total. The van der Waals surface area contributed by atoms with Crippen LogP contribution in [0.3, 0.4) is 0 Å². The maximum absolute atomic E-state index is 13.7. The van der Waals surface area contributed by atoms with Crippen molar-refractivity contribution in [3.05, 3.63) is 112 Å². The van der Waals surface area contributed by atoms with Crippen molar-refractivity contribution < 1.29 is 9.59 Å². The number of pyridine rings is 1. The summed E-state index contributed by atoms with van der Waals surface area (Å²) in [5.41, 5.74) is 4.71. The first-order valence-electron chi connectivity index (χ1n) is 10.5. The minimum atomic E-state index is -0.268. The van der Waals surface area contributed by atoms with Gasteiger partial charge in [0.15, 0.2) is 11.4 Å². The lowest BCUT2D eigenvalue weighted by molar-refractivity contribution is 0.0976. The maximum Gasteiger partial charge on any atom is 0.212 e. The van der Waals surface area contributed by atoms with Crippen molar-refractivity contribution in [2.45, 2.75) is 6.92 Å². The van der Waals surface area contributed by atoms with Gasteiger partial charge in [-0.25, -0.2) is 9.67 Å². The summed E-state index contributed by atoms with van der Waals surface area (Å²) in [5, 5.41) is 6.06. The van der Waals surface area contributed by atoms with Gasteiger partial charge in [0, 0.05) is 21.7 Å². The van der Waals surface area contributed by atoms with E-state index >= 15 is 0 Å². The molecule has 158 valence electrons. The van der Waals surface area contributed by atoms with E-state index in [4.69, 9.17) is 21.7 Å². The quantitative estimate of drug-likeness (QED) is 0.334. The molecule has 0 amide bonds. The summed E-state index contributed by atoms with van der Waals surface area (Å²) in [7, 11) is 0. The molecule has 0 aliphatic heterocycles. The number of nitrogens with zero attached hydrogens (tertiary/aromatic N) is 3. The van der Waals surface area contributed by atoms with Crippen molar-refractivity contribution in [2.75, 3.05) is 0 Å². The fraction of sp³-hybridized carbons (Fsp3) is 0.0370. The van der Waals surface area contributed by atoms with Crippen LogP contribution in [0, 0.1) is 6.92 Å². The van der Waals surface area contributed by atoms with Gasteiger partial charge in [-0.1, -0.05) is 66.2 Å². The number of aromatic nitrogens is 3. The Labute approximate surface area is 194 Å². The summed E-state index contributed by atoms with van der Waals surface area (Å²) < 4.78 is 1.72. The summed E-state index contributed by atoms with van der Waals surface area (Å²) in [6.45, 7) is 1.89. The van der Waals surface area contributed by atoms with Crippen LogP contribution in [0.1, 0.15) is 37.7 Å². The van der Waals surface area contributed by atoms with Crippen molar-refractivity contribution in [2.24, 2.45) is 0 Å². The zero-order valence-electron chi connectivity index (χ0n) is 17.5. The van der Waals surface area contributed by atoms with E-state index in [1.54, 1.807) is 41.1 Å². The molecular formula is C27H16ClN3O2. The van der Waals surface area contributed by atoms with Gasteiger partial charge in [-0.2, -0.15) is 5.10 Å². The van der Waals surface area contributed by atoms with E-state index in [0.29, 0.717) is 38.6 Å². The first kappa shape index (κ1) is 19.6. The van der Waals surface area contributed by atoms with Crippen LogP contribution in [0.25, 0.3) is 27.8 Å². The van der Waals surface area contributed by atoms with Gasteiger partial charge in [-0.05, 0) is 36.8 Å². The van der Waals surface area contributed by atoms with Crippen LogP contribution in [0.5, 0.6) is 0 Å². The highest BCUT2D eigenvalue weighted by Gasteiger charge is 2.35. The second kappa shape index (κ2) is 7.22. The minimum Gasteiger partial charge on any atom is -0.288 e. The average Bonchev–Trinajstić information content (AvgIpc) is 3.18. The minimum absolute atomic E-state index is 0.147. The highest BCUT2D eigenvalue weighted by Crippen LogP contribution is 2.40. The van der Waals surface area contributed by atoms with Crippen LogP contribution in [0.4, 0.5) is 0 Å². The largest absolute Gasteiger partial charge is 0.288 e. The molecule has 1 aliphatic rings. The van der Waals surface area contributed by atoms with Gasteiger partial charge >= 0.3 is 0 Å². The molecule has 3 aromatic carbocycles. The summed E-state index contributed by atoms with van der Waals surface area (Å²) in [6, 6.07) is 23.8. The van der Waals surface area contributed by atoms with Crippen LogP contribution in [-0.2, 0) is 0 Å². The standard InChI is InChI=1S/C27H16ClN3O2/c1-15-21-22(16-11-13-17(28)14-12-16)23-24(26(33)20-10-6-5-9-19(20)25(23)32)29-27(21)31(30-15)18-7-3-2-4-8-18/h2-14H,1H3. The number of para-hydroxylation sites is 1. The van der Waals surface area contributed by atoms with E-state index in [1.807, 2.05) is 49.4 Å².